The Morgan fingerprint density at radius 2 is 2.00 bits per heavy atom. The Kier molecular flexibility index (Phi) is 3.73. The van der Waals surface area contributed by atoms with E-state index < -0.39 is 5.60 Å². The Labute approximate surface area is 108 Å². The van der Waals surface area contributed by atoms with Gasteiger partial charge in [-0.05, 0) is 26.0 Å². The molecule has 100 valence electrons. The first-order chi connectivity index (χ1) is 8.46. The van der Waals surface area contributed by atoms with E-state index in [9.17, 15) is 5.11 Å². The molecule has 0 aromatic carbocycles. The zero-order valence-corrected chi connectivity index (χ0v) is 11.1. The highest BCUT2D eigenvalue weighted by Gasteiger charge is 2.23. The van der Waals surface area contributed by atoms with Gasteiger partial charge in [0, 0.05) is 38.9 Å². The predicted molar refractivity (Wildman–Crippen MR) is 73.6 cm³/mol. The van der Waals surface area contributed by atoms with Crippen molar-refractivity contribution in [1.29, 1.82) is 0 Å². The lowest BCUT2D eigenvalue weighted by atomic mass is 10.1. The van der Waals surface area contributed by atoms with Crippen molar-refractivity contribution < 1.29 is 5.11 Å². The van der Waals surface area contributed by atoms with Crippen LogP contribution in [0.2, 0.25) is 0 Å². The van der Waals surface area contributed by atoms with Gasteiger partial charge in [-0.25, -0.2) is 4.98 Å². The highest BCUT2D eigenvalue weighted by atomic mass is 16.3. The maximum Gasteiger partial charge on any atom is 0.151 e. The molecule has 0 spiro atoms. The molecular formula is C13H22N4O. The summed E-state index contributed by atoms with van der Waals surface area (Å²) in [5.74, 6) is 0.875. The van der Waals surface area contributed by atoms with Gasteiger partial charge in [0.15, 0.2) is 5.82 Å². The highest BCUT2D eigenvalue weighted by Crippen LogP contribution is 2.20. The summed E-state index contributed by atoms with van der Waals surface area (Å²) < 4.78 is 0. The van der Waals surface area contributed by atoms with Crippen LogP contribution in [-0.2, 0) is 0 Å². The summed E-state index contributed by atoms with van der Waals surface area (Å²) in [4.78, 5) is 8.81. The number of nitrogens with two attached hydrogens (primary N) is 1. The molecule has 18 heavy (non-hydrogen) atoms. The number of aliphatic hydroxyl groups is 1. The Morgan fingerprint density at radius 3 is 2.56 bits per heavy atom. The lowest BCUT2D eigenvalue weighted by molar-refractivity contribution is 0.0345. The molecule has 1 fully saturated rings. The normalized spacial score (nSPS) is 18.1. The van der Waals surface area contributed by atoms with Gasteiger partial charge in [0.1, 0.15) is 0 Å². The summed E-state index contributed by atoms with van der Waals surface area (Å²) in [7, 11) is 0. The van der Waals surface area contributed by atoms with E-state index in [0.29, 0.717) is 6.54 Å². The number of nitrogen functional groups attached to an aromatic ring is 1. The Hall–Kier alpha value is -1.33. The highest BCUT2D eigenvalue weighted by molar-refractivity contribution is 5.62. The number of hydrogen-bond acceptors (Lipinski definition) is 5. The van der Waals surface area contributed by atoms with E-state index in [0.717, 1.165) is 37.7 Å². The second kappa shape index (κ2) is 5.12. The summed E-state index contributed by atoms with van der Waals surface area (Å²) >= 11 is 0. The lowest BCUT2D eigenvalue weighted by Gasteiger charge is -2.38. The molecule has 0 radical (unpaired) electrons. The number of pyridine rings is 1. The molecule has 0 bridgehead atoms. The fourth-order valence-electron chi connectivity index (χ4n) is 2.34. The first-order valence-electron chi connectivity index (χ1n) is 6.36. The molecule has 5 heteroatoms. The van der Waals surface area contributed by atoms with Crippen molar-refractivity contribution in [3.63, 3.8) is 0 Å². The molecule has 0 atom stereocenters. The first-order valence-corrected chi connectivity index (χ1v) is 6.36. The Balaban J connectivity index is 1.93. The molecule has 1 aliphatic rings. The molecule has 2 heterocycles. The van der Waals surface area contributed by atoms with Crippen LogP contribution in [0, 0.1) is 0 Å². The molecule has 1 saturated heterocycles. The SMILES string of the molecule is CC(C)(O)CN1CCN(c2ncccc2N)CC1. The van der Waals surface area contributed by atoms with E-state index in [4.69, 9.17) is 5.73 Å². The van der Waals surface area contributed by atoms with Crippen LogP contribution in [-0.4, -0.2) is 53.3 Å². The van der Waals surface area contributed by atoms with E-state index in [-0.39, 0.29) is 0 Å². The van der Waals surface area contributed by atoms with E-state index in [1.54, 1.807) is 6.20 Å². The summed E-state index contributed by atoms with van der Waals surface area (Å²) in [6.45, 7) is 8.05. The molecular weight excluding hydrogens is 228 g/mol. The van der Waals surface area contributed by atoms with E-state index in [1.807, 2.05) is 26.0 Å². The monoisotopic (exact) mass is 250 g/mol. The number of nitrogens with zero attached hydrogens (tertiary/aromatic N) is 3. The number of anilines is 2. The molecule has 1 aliphatic heterocycles. The molecule has 0 amide bonds. The van der Waals surface area contributed by atoms with Gasteiger partial charge < -0.3 is 15.7 Å². The number of aromatic nitrogens is 1. The van der Waals surface area contributed by atoms with Gasteiger partial charge in [-0.3, -0.25) is 4.90 Å². The minimum Gasteiger partial charge on any atom is -0.396 e. The predicted octanol–water partition coefficient (Wildman–Crippen LogP) is 0.557. The van der Waals surface area contributed by atoms with Crippen molar-refractivity contribution in [3.8, 4) is 0 Å². The van der Waals surface area contributed by atoms with Gasteiger partial charge in [0.05, 0.1) is 11.3 Å². The number of piperazine rings is 1. The third-order valence-electron chi connectivity index (χ3n) is 3.10. The van der Waals surface area contributed by atoms with Gasteiger partial charge in [-0.2, -0.15) is 0 Å². The van der Waals surface area contributed by atoms with Gasteiger partial charge in [-0.1, -0.05) is 0 Å². The third kappa shape index (κ3) is 3.34. The van der Waals surface area contributed by atoms with Crippen LogP contribution in [0.25, 0.3) is 0 Å². The molecule has 0 saturated carbocycles. The number of hydrogen-bond donors (Lipinski definition) is 2. The zero-order valence-electron chi connectivity index (χ0n) is 11.1. The van der Waals surface area contributed by atoms with Crippen LogP contribution in [0.5, 0.6) is 0 Å². The molecule has 5 nitrogen and oxygen atoms in total. The van der Waals surface area contributed by atoms with Crippen LogP contribution < -0.4 is 10.6 Å². The summed E-state index contributed by atoms with van der Waals surface area (Å²) in [6.07, 6.45) is 1.77. The van der Waals surface area contributed by atoms with Crippen molar-refractivity contribution in [3.05, 3.63) is 18.3 Å². The van der Waals surface area contributed by atoms with Gasteiger partial charge in [0.2, 0.25) is 0 Å². The van der Waals surface area contributed by atoms with Crippen LogP contribution in [0.15, 0.2) is 18.3 Å². The number of β-amino-alcohol motifs (C(OH)–C–C–N with tert-alkyl or cyclic N) is 1. The topological polar surface area (TPSA) is 65.6 Å². The van der Waals surface area contributed by atoms with Crippen LogP contribution in [0.1, 0.15) is 13.8 Å². The average molecular weight is 250 g/mol. The molecule has 2 rings (SSSR count). The van der Waals surface area contributed by atoms with Crippen LogP contribution in [0.4, 0.5) is 11.5 Å². The summed E-state index contributed by atoms with van der Waals surface area (Å²) in [5, 5.41) is 9.81. The molecule has 1 aromatic heterocycles. The third-order valence-corrected chi connectivity index (χ3v) is 3.10. The maximum absolute atomic E-state index is 9.81. The van der Waals surface area contributed by atoms with Crippen LogP contribution >= 0.6 is 0 Å². The Morgan fingerprint density at radius 1 is 1.33 bits per heavy atom. The quantitative estimate of drug-likeness (QED) is 0.820. The minimum atomic E-state index is -0.633. The lowest BCUT2D eigenvalue weighted by Crippen LogP contribution is -2.50. The van der Waals surface area contributed by atoms with Crippen molar-refractivity contribution in [2.75, 3.05) is 43.4 Å². The number of rotatable bonds is 3. The Bertz CT molecular complexity index is 394. The summed E-state index contributed by atoms with van der Waals surface area (Å²) in [6, 6.07) is 3.73. The maximum atomic E-state index is 9.81. The van der Waals surface area contributed by atoms with E-state index in [1.165, 1.54) is 0 Å². The second-order valence-electron chi connectivity index (χ2n) is 5.49. The van der Waals surface area contributed by atoms with Crippen molar-refractivity contribution in [1.82, 2.24) is 9.88 Å². The van der Waals surface area contributed by atoms with Gasteiger partial charge in [-0.15, -0.1) is 0 Å². The standard InChI is InChI=1S/C13H22N4O/c1-13(2,18)10-16-6-8-17(9-7-16)12-11(14)4-3-5-15-12/h3-5,18H,6-10,14H2,1-2H3. The fraction of sp³-hybridized carbons (Fsp3) is 0.615. The largest absolute Gasteiger partial charge is 0.396 e. The molecule has 1 aromatic rings. The van der Waals surface area contributed by atoms with Crippen molar-refractivity contribution >= 4 is 11.5 Å². The zero-order chi connectivity index (χ0) is 13.2. The molecule has 0 aliphatic carbocycles. The van der Waals surface area contributed by atoms with Gasteiger partial charge in [0.25, 0.3) is 0 Å². The molecule has 0 unspecified atom stereocenters. The van der Waals surface area contributed by atoms with Crippen molar-refractivity contribution in [2.24, 2.45) is 0 Å². The average Bonchev–Trinajstić information content (AvgIpc) is 2.29. The van der Waals surface area contributed by atoms with E-state index in [2.05, 4.69) is 14.8 Å². The minimum absolute atomic E-state index is 0.633. The van der Waals surface area contributed by atoms with E-state index >= 15 is 0 Å². The van der Waals surface area contributed by atoms with Crippen LogP contribution in [0.3, 0.4) is 0 Å². The molecule has 3 N–H and O–H groups in total. The summed E-state index contributed by atoms with van der Waals surface area (Å²) in [5.41, 5.74) is 6.03. The second-order valence-corrected chi connectivity index (χ2v) is 5.49. The fourth-order valence-corrected chi connectivity index (χ4v) is 2.34. The smallest absolute Gasteiger partial charge is 0.151 e. The van der Waals surface area contributed by atoms with Crippen molar-refractivity contribution in [2.45, 2.75) is 19.4 Å². The van der Waals surface area contributed by atoms with Gasteiger partial charge >= 0.3 is 0 Å². The first kappa shape index (κ1) is 13.1.